The highest BCUT2D eigenvalue weighted by Crippen LogP contribution is 2.42. The van der Waals surface area contributed by atoms with Crippen LogP contribution in [-0.2, 0) is 12.8 Å². The zero-order valence-electron chi connectivity index (χ0n) is 17.5. The van der Waals surface area contributed by atoms with Gasteiger partial charge in [0.25, 0.3) is 5.91 Å². The minimum absolute atomic E-state index is 0.0124. The number of carbonyl (C=O) groups is 1. The average Bonchev–Trinajstić information content (AvgIpc) is 3.19. The van der Waals surface area contributed by atoms with Crippen molar-refractivity contribution in [2.75, 3.05) is 7.11 Å². The summed E-state index contributed by atoms with van der Waals surface area (Å²) >= 11 is 0. The summed E-state index contributed by atoms with van der Waals surface area (Å²) in [5, 5.41) is 19.5. The molecule has 1 aliphatic rings. The molecule has 2 aromatic carbocycles. The maximum atomic E-state index is 12.1. The highest BCUT2D eigenvalue weighted by atomic mass is 16.5. The van der Waals surface area contributed by atoms with Crippen LogP contribution in [0.2, 0.25) is 0 Å². The van der Waals surface area contributed by atoms with E-state index in [1.54, 1.807) is 35.9 Å². The number of aromatic hydroxyl groups is 1. The lowest BCUT2D eigenvalue weighted by atomic mass is 9.82. The molecule has 0 fully saturated rings. The first-order valence-corrected chi connectivity index (χ1v) is 10.2. The molecule has 0 saturated heterocycles. The Hall–Kier alpha value is -3.35. The van der Waals surface area contributed by atoms with Crippen LogP contribution in [0.1, 0.15) is 59.9 Å². The lowest BCUT2D eigenvalue weighted by Crippen LogP contribution is -2.18. The van der Waals surface area contributed by atoms with Crippen LogP contribution in [0.15, 0.2) is 30.3 Å². The quantitative estimate of drug-likeness (QED) is 0.672. The molecule has 7 nitrogen and oxygen atoms in total. The number of rotatable bonds is 5. The summed E-state index contributed by atoms with van der Waals surface area (Å²) in [6.45, 7) is 4.29. The van der Waals surface area contributed by atoms with Gasteiger partial charge in [0, 0.05) is 5.69 Å². The Labute approximate surface area is 175 Å². The number of benzene rings is 2. The molecule has 0 unspecified atom stereocenters. The normalized spacial score (nSPS) is 13.3. The van der Waals surface area contributed by atoms with Crippen molar-refractivity contribution in [2.45, 2.75) is 45.4 Å². The predicted molar refractivity (Wildman–Crippen MR) is 114 cm³/mol. The third-order valence-corrected chi connectivity index (χ3v) is 5.73. The smallest absolute Gasteiger partial charge is 0.287 e. The molecule has 1 amide bonds. The van der Waals surface area contributed by atoms with E-state index < -0.39 is 5.91 Å². The van der Waals surface area contributed by atoms with Gasteiger partial charge in [-0.2, -0.15) is 0 Å². The zero-order valence-corrected chi connectivity index (χ0v) is 17.5. The van der Waals surface area contributed by atoms with Crippen molar-refractivity contribution in [3.63, 3.8) is 0 Å². The van der Waals surface area contributed by atoms with Gasteiger partial charge in [-0.15, -0.1) is 10.2 Å². The first-order valence-electron chi connectivity index (χ1n) is 10.2. The van der Waals surface area contributed by atoms with Crippen molar-refractivity contribution in [1.82, 2.24) is 14.8 Å². The van der Waals surface area contributed by atoms with Crippen LogP contribution in [0.3, 0.4) is 0 Å². The monoisotopic (exact) mass is 406 g/mol. The Morgan fingerprint density at radius 1 is 1.13 bits per heavy atom. The summed E-state index contributed by atoms with van der Waals surface area (Å²) in [7, 11) is 1.59. The number of ether oxygens (including phenoxy) is 1. The molecular formula is C23H26N4O3. The summed E-state index contributed by atoms with van der Waals surface area (Å²) in [6, 6.07) is 9.17. The molecule has 1 aliphatic carbocycles. The second-order valence-corrected chi connectivity index (χ2v) is 7.93. The standard InChI is InChI=1S/C23H26N4O3/c1-13(2)18-12-19(20(28)17-7-5-4-6-16(17)18)22-25-26-23(21(24)29)27(22)14-8-10-15(30-3)11-9-14/h8-13,28H,4-7H2,1-3H3,(H2,24,29). The SMILES string of the molecule is COc1ccc(-n2c(C(N)=O)nnc2-c2cc(C(C)C)c3c(c2O)CCCC3)cc1. The molecule has 156 valence electrons. The van der Waals surface area contributed by atoms with Crippen molar-refractivity contribution < 1.29 is 14.6 Å². The number of nitrogens with two attached hydrogens (primary N) is 1. The summed E-state index contributed by atoms with van der Waals surface area (Å²) in [5.41, 5.74) is 10.2. The zero-order chi connectivity index (χ0) is 21.4. The summed E-state index contributed by atoms with van der Waals surface area (Å²) in [6.07, 6.45) is 3.96. The summed E-state index contributed by atoms with van der Waals surface area (Å²) in [5.74, 6) is 0.912. The molecule has 0 aliphatic heterocycles. The Bertz CT molecular complexity index is 1100. The maximum Gasteiger partial charge on any atom is 0.287 e. The van der Waals surface area contributed by atoms with Crippen molar-refractivity contribution in [3.8, 4) is 28.6 Å². The molecule has 3 N–H and O–H groups in total. The molecule has 1 aromatic heterocycles. The van der Waals surface area contributed by atoms with Crippen molar-refractivity contribution >= 4 is 5.91 Å². The number of nitrogens with zero attached hydrogens (tertiary/aromatic N) is 3. The molecule has 0 atom stereocenters. The molecule has 3 aromatic rings. The molecule has 7 heteroatoms. The average molecular weight is 406 g/mol. The van der Waals surface area contributed by atoms with E-state index in [4.69, 9.17) is 10.5 Å². The first kappa shape index (κ1) is 19.9. The third kappa shape index (κ3) is 3.30. The lowest BCUT2D eigenvalue weighted by molar-refractivity contribution is 0.0988. The number of fused-ring (bicyclic) bond motifs is 1. The van der Waals surface area contributed by atoms with Crippen LogP contribution in [-0.4, -0.2) is 32.9 Å². The summed E-state index contributed by atoms with van der Waals surface area (Å²) in [4.78, 5) is 12.1. The van der Waals surface area contributed by atoms with Crippen molar-refractivity contribution in [1.29, 1.82) is 0 Å². The Balaban J connectivity index is 1.97. The van der Waals surface area contributed by atoms with Crippen molar-refractivity contribution in [2.24, 2.45) is 5.73 Å². The van der Waals surface area contributed by atoms with Gasteiger partial charge in [0.2, 0.25) is 5.82 Å². The van der Waals surface area contributed by atoms with E-state index in [9.17, 15) is 9.90 Å². The van der Waals surface area contributed by atoms with Gasteiger partial charge in [-0.25, -0.2) is 0 Å². The molecule has 1 heterocycles. The van der Waals surface area contributed by atoms with Gasteiger partial charge in [0.15, 0.2) is 5.82 Å². The first-order chi connectivity index (χ1) is 14.4. The number of methoxy groups -OCH3 is 1. The van der Waals surface area contributed by atoms with Gasteiger partial charge in [0.1, 0.15) is 11.5 Å². The topological polar surface area (TPSA) is 103 Å². The third-order valence-electron chi connectivity index (χ3n) is 5.73. The summed E-state index contributed by atoms with van der Waals surface area (Å²) < 4.78 is 6.82. The van der Waals surface area contributed by atoms with E-state index in [-0.39, 0.29) is 11.6 Å². The van der Waals surface area contributed by atoms with E-state index in [2.05, 4.69) is 24.0 Å². The molecule has 30 heavy (non-hydrogen) atoms. The van der Waals surface area contributed by atoms with Crippen LogP contribution in [0.4, 0.5) is 0 Å². The number of amides is 1. The fourth-order valence-corrected chi connectivity index (χ4v) is 4.24. The van der Waals surface area contributed by atoms with Gasteiger partial charge >= 0.3 is 0 Å². The van der Waals surface area contributed by atoms with Crippen LogP contribution in [0.5, 0.6) is 11.5 Å². The fourth-order valence-electron chi connectivity index (χ4n) is 4.24. The second kappa shape index (κ2) is 7.82. The van der Waals surface area contributed by atoms with E-state index in [0.717, 1.165) is 31.2 Å². The minimum Gasteiger partial charge on any atom is -0.507 e. The van der Waals surface area contributed by atoms with Crippen molar-refractivity contribution in [3.05, 3.63) is 52.8 Å². The van der Waals surface area contributed by atoms with Crippen LogP contribution in [0, 0.1) is 0 Å². The lowest BCUT2D eigenvalue weighted by Gasteiger charge is -2.24. The number of primary amides is 1. The minimum atomic E-state index is -0.689. The van der Waals surface area contributed by atoms with E-state index >= 15 is 0 Å². The Morgan fingerprint density at radius 2 is 1.80 bits per heavy atom. The number of aromatic nitrogens is 3. The Morgan fingerprint density at radius 3 is 2.40 bits per heavy atom. The van der Waals surface area contributed by atoms with E-state index in [1.165, 1.54) is 11.1 Å². The number of phenols is 1. The highest BCUT2D eigenvalue weighted by molar-refractivity contribution is 5.91. The largest absolute Gasteiger partial charge is 0.507 e. The second-order valence-electron chi connectivity index (χ2n) is 7.93. The van der Waals surface area contributed by atoms with E-state index in [1.807, 2.05) is 6.07 Å². The van der Waals surface area contributed by atoms with Gasteiger partial charge in [-0.05, 0) is 78.6 Å². The van der Waals surface area contributed by atoms with Crippen LogP contribution >= 0.6 is 0 Å². The number of phenolic OH excluding ortho intramolecular Hbond substituents is 1. The van der Waals surface area contributed by atoms with Gasteiger partial charge < -0.3 is 15.6 Å². The molecular weight excluding hydrogens is 380 g/mol. The fraction of sp³-hybridized carbons (Fsp3) is 0.348. The number of hydrogen-bond donors (Lipinski definition) is 2. The number of hydrogen-bond acceptors (Lipinski definition) is 5. The van der Waals surface area contributed by atoms with Crippen LogP contribution < -0.4 is 10.5 Å². The van der Waals surface area contributed by atoms with E-state index in [0.29, 0.717) is 28.7 Å². The van der Waals surface area contributed by atoms with Gasteiger partial charge in [0.05, 0.1) is 12.7 Å². The van der Waals surface area contributed by atoms with Gasteiger partial charge in [-0.1, -0.05) is 13.8 Å². The predicted octanol–water partition coefficient (Wildman–Crippen LogP) is 3.75. The molecule has 0 spiro atoms. The molecule has 0 saturated carbocycles. The molecule has 4 rings (SSSR count). The van der Waals surface area contributed by atoms with Crippen LogP contribution in [0.25, 0.3) is 17.1 Å². The maximum absolute atomic E-state index is 12.1. The van der Waals surface area contributed by atoms with Gasteiger partial charge in [-0.3, -0.25) is 9.36 Å². The highest BCUT2D eigenvalue weighted by Gasteiger charge is 2.27. The molecule has 0 bridgehead atoms. The molecule has 0 radical (unpaired) electrons. The Kier molecular flexibility index (Phi) is 5.20. The number of carbonyl (C=O) groups excluding carboxylic acids is 1.